The number of carbonyl (C=O) groups excluding carboxylic acids is 2. The fourth-order valence-electron chi connectivity index (χ4n) is 0.999. The van der Waals surface area contributed by atoms with Crippen LogP contribution in [0.4, 0.5) is 0 Å². The molecule has 5 nitrogen and oxygen atoms in total. The maximum absolute atomic E-state index is 11.7. The van der Waals surface area contributed by atoms with Crippen molar-refractivity contribution in [3.63, 3.8) is 0 Å². The molecule has 0 aromatic heterocycles. The summed E-state index contributed by atoms with van der Waals surface area (Å²) in [7, 11) is 1.26. The molecule has 0 fully saturated rings. The summed E-state index contributed by atoms with van der Waals surface area (Å²) in [5, 5.41) is 0. The summed E-state index contributed by atoms with van der Waals surface area (Å²) in [5.41, 5.74) is -1.34. The molecular formula is C12H22O5. The Morgan fingerprint density at radius 2 is 1.12 bits per heavy atom. The first-order valence-corrected chi connectivity index (χ1v) is 5.45. The molecule has 0 radical (unpaired) electrons. The Kier molecular flexibility index (Phi) is 5.13. The van der Waals surface area contributed by atoms with Crippen LogP contribution in [-0.4, -0.2) is 36.4 Å². The second kappa shape index (κ2) is 5.49. The Hall–Kier alpha value is -1.10. The van der Waals surface area contributed by atoms with Crippen LogP contribution in [0.3, 0.4) is 0 Å². The third-order valence-electron chi connectivity index (χ3n) is 1.48. The van der Waals surface area contributed by atoms with Crippen LogP contribution in [0.25, 0.3) is 0 Å². The van der Waals surface area contributed by atoms with Gasteiger partial charge in [0.2, 0.25) is 0 Å². The van der Waals surface area contributed by atoms with Gasteiger partial charge in [-0.1, -0.05) is 0 Å². The maximum Gasteiger partial charge on any atom is 0.347 e. The van der Waals surface area contributed by atoms with Gasteiger partial charge in [0.05, 0.1) is 0 Å². The molecule has 0 aliphatic rings. The highest BCUT2D eigenvalue weighted by Gasteiger charge is 2.34. The predicted octanol–water partition coefficient (Wildman–Crippen LogP) is 1.68. The molecule has 0 saturated heterocycles. The lowest BCUT2D eigenvalue weighted by Crippen LogP contribution is -2.41. The zero-order valence-corrected chi connectivity index (χ0v) is 11.6. The molecule has 0 aliphatic heterocycles. The highest BCUT2D eigenvalue weighted by molar-refractivity contribution is 5.98. The molecule has 100 valence electrons. The van der Waals surface area contributed by atoms with Gasteiger partial charge in [-0.3, -0.25) is 0 Å². The van der Waals surface area contributed by atoms with E-state index in [1.54, 1.807) is 41.5 Å². The Morgan fingerprint density at radius 3 is 1.29 bits per heavy atom. The van der Waals surface area contributed by atoms with E-state index in [1.807, 2.05) is 0 Å². The van der Waals surface area contributed by atoms with Gasteiger partial charge in [-0.25, -0.2) is 9.59 Å². The van der Waals surface area contributed by atoms with E-state index >= 15 is 0 Å². The van der Waals surface area contributed by atoms with Crippen molar-refractivity contribution in [2.45, 2.75) is 58.8 Å². The van der Waals surface area contributed by atoms with Crippen molar-refractivity contribution in [3.8, 4) is 0 Å². The quantitative estimate of drug-likeness (QED) is 0.560. The maximum atomic E-state index is 11.7. The Morgan fingerprint density at radius 1 is 0.824 bits per heavy atom. The van der Waals surface area contributed by atoms with E-state index in [2.05, 4.69) is 0 Å². The van der Waals surface area contributed by atoms with E-state index in [4.69, 9.17) is 14.2 Å². The molecule has 0 spiro atoms. The van der Waals surface area contributed by atoms with E-state index < -0.39 is 29.2 Å². The number of esters is 2. The molecule has 0 N–H and O–H groups in total. The van der Waals surface area contributed by atoms with E-state index in [-0.39, 0.29) is 0 Å². The smallest absolute Gasteiger partial charge is 0.347 e. The summed E-state index contributed by atoms with van der Waals surface area (Å²) in [6, 6.07) is 0. The number of hydrogen-bond donors (Lipinski definition) is 0. The molecule has 0 aromatic rings. The zero-order valence-electron chi connectivity index (χ0n) is 11.6. The van der Waals surface area contributed by atoms with Gasteiger partial charge in [0, 0.05) is 7.11 Å². The van der Waals surface area contributed by atoms with Crippen molar-refractivity contribution in [2.75, 3.05) is 7.11 Å². The van der Waals surface area contributed by atoms with Crippen molar-refractivity contribution in [1.29, 1.82) is 0 Å². The van der Waals surface area contributed by atoms with Crippen LogP contribution in [-0.2, 0) is 23.8 Å². The summed E-state index contributed by atoms with van der Waals surface area (Å²) in [5.74, 6) is -1.48. The van der Waals surface area contributed by atoms with Crippen LogP contribution >= 0.6 is 0 Å². The van der Waals surface area contributed by atoms with Crippen molar-refractivity contribution >= 4 is 11.9 Å². The largest absolute Gasteiger partial charge is 0.458 e. The standard InChI is InChI=1S/C12H22O5/c1-11(2,3)16-9(13)8(15-7)10(14)17-12(4,5)6/h8H,1-7H3. The van der Waals surface area contributed by atoms with Crippen LogP contribution in [0.2, 0.25) is 0 Å². The average molecular weight is 246 g/mol. The first-order chi connectivity index (χ1) is 7.46. The molecule has 17 heavy (non-hydrogen) atoms. The minimum Gasteiger partial charge on any atom is -0.458 e. The monoisotopic (exact) mass is 246 g/mol. The van der Waals surface area contributed by atoms with Crippen LogP contribution in [0.15, 0.2) is 0 Å². The zero-order chi connectivity index (χ0) is 13.9. The number of rotatable bonds is 3. The topological polar surface area (TPSA) is 61.8 Å². The van der Waals surface area contributed by atoms with Crippen molar-refractivity contribution in [1.82, 2.24) is 0 Å². The Balaban J connectivity index is 4.62. The summed E-state index contributed by atoms with van der Waals surface area (Å²) in [6.07, 6.45) is -1.34. The van der Waals surface area contributed by atoms with Gasteiger partial charge >= 0.3 is 11.9 Å². The highest BCUT2D eigenvalue weighted by Crippen LogP contribution is 2.13. The van der Waals surface area contributed by atoms with Crippen molar-refractivity contribution in [2.24, 2.45) is 0 Å². The molecular weight excluding hydrogens is 224 g/mol. The van der Waals surface area contributed by atoms with Gasteiger partial charge < -0.3 is 14.2 Å². The van der Waals surface area contributed by atoms with Gasteiger partial charge in [-0.15, -0.1) is 0 Å². The van der Waals surface area contributed by atoms with Gasteiger partial charge in [0.15, 0.2) is 0 Å². The van der Waals surface area contributed by atoms with Crippen LogP contribution in [0.1, 0.15) is 41.5 Å². The second-order valence-electron chi connectivity index (χ2n) is 5.68. The molecule has 0 amide bonds. The molecule has 0 rings (SSSR count). The van der Waals surface area contributed by atoms with E-state index in [9.17, 15) is 9.59 Å². The Bertz CT molecular complexity index is 254. The molecule has 0 aliphatic carbocycles. The molecule has 0 unspecified atom stereocenters. The molecule has 0 bridgehead atoms. The second-order valence-corrected chi connectivity index (χ2v) is 5.68. The third-order valence-corrected chi connectivity index (χ3v) is 1.48. The third kappa shape index (κ3) is 6.94. The van der Waals surface area contributed by atoms with Crippen molar-refractivity contribution < 1.29 is 23.8 Å². The minimum atomic E-state index is -1.34. The summed E-state index contributed by atoms with van der Waals surface area (Å²) >= 11 is 0. The van der Waals surface area contributed by atoms with Gasteiger partial charge in [0.25, 0.3) is 6.10 Å². The number of carbonyl (C=O) groups is 2. The molecule has 0 heterocycles. The van der Waals surface area contributed by atoms with Crippen LogP contribution < -0.4 is 0 Å². The lowest BCUT2D eigenvalue weighted by atomic mass is 10.2. The lowest BCUT2D eigenvalue weighted by Gasteiger charge is -2.25. The van der Waals surface area contributed by atoms with E-state index in [0.29, 0.717) is 0 Å². The summed E-state index contributed by atoms with van der Waals surface area (Å²) in [6.45, 7) is 10.3. The first kappa shape index (κ1) is 15.9. The van der Waals surface area contributed by atoms with E-state index in [0.717, 1.165) is 0 Å². The minimum absolute atomic E-state index is 0.671. The molecule has 0 atom stereocenters. The first-order valence-electron chi connectivity index (χ1n) is 5.45. The van der Waals surface area contributed by atoms with E-state index in [1.165, 1.54) is 7.11 Å². The van der Waals surface area contributed by atoms with Crippen molar-refractivity contribution in [3.05, 3.63) is 0 Å². The average Bonchev–Trinajstić information content (AvgIpc) is 1.96. The number of ether oxygens (including phenoxy) is 3. The van der Waals surface area contributed by atoms with Gasteiger partial charge in [-0.05, 0) is 41.5 Å². The fourth-order valence-corrected chi connectivity index (χ4v) is 0.999. The van der Waals surface area contributed by atoms with Gasteiger partial charge in [0.1, 0.15) is 11.2 Å². The van der Waals surface area contributed by atoms with Crippen LogP contribution in [0.5, 0.6) is 0 Å². The summed E-state index contributed by atoms with van der Waals surface area (Å²) in [4.78, 5) is 23.3. The van der Waals surface area contributed by atoms with Gasteiger partial charge in [-0.2, -0.15) is 0 Å². The predicted molar refractivity (Wildman–Crippen MR) is 62.5 cm³/mol. The van der Waals surface area contributed by atoms with Crippen LogP contribution in [0, 0.1) is 0 Å². The molecule has 0 saturated carbocycles. The SMILES string of the molecule is COC(C(=O)OC(C)(C)C)C(=O)OC(C)(C)C. The fraction of sp³-hybridized carbons (Fsp3) is 0.833. The normalized spacial score (nSPS) is 12.5. The number of hydrogen-bond acceptors (Lipinski definition) is 5. The Labute approximate surface area is 102 Å². The number of methoxy groups -OCH3 is 1. The molecule has 0 aromatic carbocycles. The molecule has 5 heteroatoms. The summed E-state index contributed by atoms with van der Waals surface area (Å²) < 4.78 is 14.9. The lowest BCUT2D eigenvalue weighted by molar-refractivity contribution is -0.183. The highest BCUT2D eigenvalue weighted by atomic mass is 16.6.